The number of thioether (sulfide) groups is 1. The summed E-state index contributed by atoms with van der Waals surface area (Å²) in [5.74, 6) is 0.463. The van der Waals surface area contributed by atoms with Crippen molar-refractivity contribution >= 4 is 45.7 Å². The molecule has 1 saturated heterocycles. The molecule has 5 rings (SSSR count). The average Bonchev–Trinajstić information content (AvgIpc) is 3.58. The molecule has 2 N–H and O–H groups in total. The lowest BCUT2D eigenvalue weighted by molar-refractivity contribution is -0.115. The molecule has 8 nitrogen and oxygen atoms in total. The second-order valence-electron chi connectivity index (χ2n) is 9.36. The number of likely N-dealkylation sites (N-methyl/N-ethyl adjacent to an activating group) is 1. The van der Waals surface area contributed by atoms with Crippen molar-refractivity contribution in [1.29, 1.82) is 0 Å². The fraction of sp³-hybridized carbons (Fsp3) is 0.286. The Morgan fingerprint density at radius 1 is 1.27 bits per heavy atom. The molecule has 2 amide bonds. The highest BCUT2D eigenvalue weighted by atomic mass is 32.2. The van der Waals surface area contributed by atoms with Gasteiger partial charge in [-0.3, -0.25) is 19.6 Å². The van der Waals surface area contributed by atoms with Crippen LogP contribution in [0.4, 0.5) is 0 Å². The number of carbonyl (C=O) groups is 2. The van der Waals surface area contributed by atoms with Crippen molar-refractivity contribution < 1.29 is 14.3 Å². The summed E-state index contributed by atoms with van der Waals surface area (Å²) in [4.78, 5) is 37.2. The quantitative estimate of drug-likeness (QED) is 0.445. The van der Waals surface area contributed by atoms with Gasteiger partial charge in [0.25, 0.3) is 11.8 Å². The van der Waals surface area contributed by atoms with Gasteiger partial charge in [0, 0.05) is 30.6 Å². The Kier molecular flexibility index (Phi) is 7.25. The first-order valence-corrected chi connectivity index (χ1v) is 13.0. The van der Waals surface area contributed by atoms with E-state index < -0.39 is 0 Å². The van der Waals surface area contributed by atoms with Crippen molar-refractivity contribution in [2.24, 2.45) is 4.99 Å². The Balaban J connectivity index is 1.34. The van der Waals surface area contributed by atoms with Crippen LogP contribution in [0.5, 0.6) is 5.75 Å². The molecule has 2 heterocycles. The molecule has 1 aliphatic heterocycles. The maximum atomic E-state index is 12.8. The van der Waals surface area contributed by atoms with Crippen LogP contribution >= 0.6 is 11.8 Å². The first-order valence-electron chi connectivity index (χ1n) is 12.2. The van der Waals surface area contributed by atoms with E-state index in [0.717, 1.165) is 18.5 Å². The molecule has 1 saturated carbocycles. The van der Waals surface area contributed by atoms with E-state index in [1.807, 2.05) is 61.5 Å². The van der Waals surface area contributed by atoms with Gasteiger partial charge in [0.2, 0.25) is 0 Å². The lowest BCUT2D eigenvalue weighted by atomic mass is 10.1. The van der Waals surface area contributed by atoms with Gasteiger partial charge < -0.3 is 20.3 Å². The van der Waals surface area contributed by atoms with Gasteiger partial charge in [0.15, 0.2) is 5.17 Å². The number of amides is 2. The number of nitrogens with one attached hydrogen (secondary N) is 2. The summed E-state index contributed by atoms with van der Waals surface area (Å²) >= 11 is 1.35. The number of nitrogens with zero attached hydrogens (tertiary/aromatic N) is 3. The summed E-state index contributed by atoms with van der Waals surface area (Å²) in [6.07, 6.45) is 4.35. The molecular weight excluding hydrogens is 486 g/mol. The lowest BCUT2D eigenvalue weighted by Crippen LogP contribution is -2.31. The molecule has 1 aromatic heterocycles. The zero-order valence-electron chi connectivity index (χ0n) is 21.0. The van der Waals surface area contributed by atoms with Crippen LogP contribution in [-0.2, 0) is 4.79 Å². The minimum absolute atomic E-state index is 0.167. The van der Waals surface area contributed by atoms with Gasteiger partial charge in [-0.05, 0) is 61.6 Å². The number of pyridine rings is 1. The first kappa shape index (κ1) is 25.0. The maximum absolute atomic E-state index is 12.8. The van der Waals surface area contributed by atoms with E-state index in [9.17, 15) is 9.59 Å². The Bertz CT molecular complexity index is 1400. The summed E-state index contributed by atoms with van der Waals surface area (Å²) in [5.41, 5.74) is 3.17. The number of methoxy groups -OCH3 is 1. The molecule has 3 aromatic rings. The van der Waals surface area contributed by atoms with Gasteiger partial charge in [-0.25, -0.2) is 0 Å². The molecule has 0 radical (unpaired) electrons. The Morgan fingerprint density at radius 3 is 2.84 bits per heavy atom. The average molecular weight is 516 g/mol. The van der Waals surface area contributed by atoms with Gasteiger partial charge in [-0.2, -0.15) is 0 Å². The topological polar surface area (TPSA) is 95.9 Å². The van der Waals surface area contributed by atoms with Crippen LogP contribution in [0.15, 0.2) is 64.6 Å². The molecule has 37 heavy (non-hydrogen) atoms. The van der Waals surface area contributed by atoms with E-state index in [4.69, 9.17) is 9.73 Å². The number of fused-ring (bicyclic) bond motifs is 1. The predicted molar refractivity (Wildman–Crippen MR) is 148 cm³/mol. The molecule has 1 aliphatic carbocycles. The molecule has 2 aromatic carbocycles. The minimum atomic E-state index is -0.239. The Hall–Kier alpha value is -3.69. The number of amidine groups is 1. The summed E-state index contributed by atoms with van der Waals surface area (Å²) in [5, 5.41) is 7.14. The van der Waals surface area contributed by atoms with Crippen LogP contribution in [0.25, 0.3) is 17.0 Å². The van der Waals surface area contributed by atoms with Crippen molar-refractivity contribution in [2.75, 3.05) is 34.3 Å². The molecule has 190 valence electrons. The van der Waals surface area contributed by atoms with E-state index in [2.05, 4.69) is 27.8 Å². The number of carbonyl (C=O) groups excluding carboxylic acids is 2. The number of hydrogen-bond acceptors (Lipinski definition) is 7. The smallest absolute Gasteiger partial charge is 0.264 e. The van der Waals surface area contributed by atoms with Crippen LogP contribution in [0.2, 0.25) is 0 Å². The van der Waals surface area contributed by atoms with Gasteiger partial charge >= 0.3 is 0 Å². The van der Waals surface area contributed by atoms with Crippen molar-refractivity contribution in [2.45, 2.75) is 18.4 Å². The second kappa shape index (κ2) is 10.7. The van der Waals surface area contributed by atoms with Crippen molar-refractivity contribution in [3.05, 3.63) is 76.3 Å². The standard InChI is InChI=1S/C28H29N5O3S/c1-33(2)12-11-29-26(34)21-16-30-22-10-9-17(13-20(22)25(21)36-3)14-24-27(35)32-28(37-24)31-23-15-19(23)18-7-5-4-6-8-18/h4-10,13-14,16,19,23H,11-12,15H2,1-3H3,(H,29,34)(H,31,32,35)/t19-,23+/m0/s1. The zero-order chi connectivity index (χ0) is 25.9. The van der Waals surface area contributed by atoms with Crippen molar-refractivity contribution in [3.8, 4) is 5.75 Å². The third kappa shape index (κ3) is 5.68. The van der Waals surface area contributed by atoms with E-state index in [1.54, 1.807) is 7.11 Å². The molecule has 0 bridgehead atoms. The molecule has 0 spiro atoms. The van der Waals surface area contributed by atoms with Gasteiger partial charge in [-0.15, -0.1) is 0 Å². The third-order valence-electron chi connectivity index (χ3n) is 6.35. The van der Waals surface area contributed by atoms with E-state index in [-0.39, 0.29) is 17.9 Å². The SMILES string of the molecule is COc1c(C(=O)NCCN(C)C)cnc2ccc(C=C3SC(=N[C@@H]4C[C@H]4c4ccccc4)NC3=O)cc12. The van der Waals surface area contributed by atoms with Crippen LogP contribution in [-0.4, -0.2) is 67.2 Å². The number of ether oxygens (including phenoxy) is 1. The maximum Gasteiger partial charge on any atom is 0.264 e. The lowest BCUT2D eigenvalue weighted by Gasteiger charge is -2.13. The number of aliphatic imine (C=N–C) groups is 1. The van der Waals surface area contributed by atoms with Gasteiger partial charge in [0.05, 0.1) is 23.6 Å². The summed E-state index contributed by atoms with van der Waals surface area (Å²) in [6, 6.07) is 16.2. The van der Waals surface area contributed by atoms with Crippen LogP contribution in [0, 0.1) is 0 Å². The van der Waals surface area contributed by atoms with Crippen LogP contribution < -0.4 is 15.4 Å². The zero-order valence-corrected chi connectivity index (χ0v) is 21.8. The Morgan fingerprint density at radius 2 is 2.08 bits per heavy atom. The molecule has 9 heteroatoms. The van der Waals surface area contributed by atoms with E-state index >= 15 is 0 Å². The summed E-state index contributed by atoms with van der Waals surface area (Å²) in [6.45, 7) is 1.24. The fourth-order valence-corrected chi connectivity index (χ4v) is 5.20. The van der Waals surface area contributed by atoms with E-state index in [1.165, 1.54) is 23.5 Å². The third-order valence-corrected chi connectivity index (χ3v) is 7.28. The van der Waals surface area contributed by atoms with Crippen LogP contribution in [0.3, 0.4) is 0 Å². The molecule has 2 aliphatic rings. The number of rotatable bonds is 8. The van der Waals surface area contributed by atoms with Crippen molar-refractivity contribution in [3.63, 3.8) is 0 Å². The summed E-state index contributed by atoms with van der Waals surface area (Å²) < 4.78 is 5.63. The number of benzene rings is 2. The predicted octanol–water partition coefficient (Wildman–Crippen LogP) is 3.65. The van der Waals surface area contributed by atoms with Crippen LogP contribution in [0.1, 0.15) is 33.8 Å². The van der Waals surface area contributed by atoms with E-state index in [0.29, 0.717) is 44.8 Å². The minimum Gasteiger partial charge on any atom is -0.495 e. The largest absolute Gasteiger partial charge is 0.495 e. The molecular formula is C28H29N5O3S. The number of hydrogen-bond donors (Lipinski definition) is 2. The normalized spacial score (nSPS) is 21.0. The highest BCUT2D eigenvalue weighted by Gasteiger charge is 2.39. The van der Waals surface area contributed by atoms with Gasteiger partial charge in [0.1, 0.15) is 11.3 Å². The molecule has 0 unspecified atom stereocenters. The van der Waals surface area contributed by atoms with Gasteiger partial charge in [-0.1, -0.05) is 36.4 Å². The molecule has 2 fully saturated rings. The monoisotopic (exact) mass is 515 g/mol. The highest BCUT2D eigenvalue weighted by Crippen LogP contribution is 2.44. The summed E-state index contributed by atoms with van der Waals surface area (Å²) in [7, 11) is 5.44. The molecule has 2 atom stereocenters. The second-order valence-corrected chi connectivity index (χ2v) is 10.4. The fourth-order valence-electron chi connectivity index (χ4n) is 4.32. The first-order chi connectivity index (χ1) is 17.9. The highest BCUT2D eigenvalue weighted by molar-refractivity contribution is 8.18. The number of aromatic nitrogens is 1. The Labute approximate surface area is 220 Å². The van der Waals surface area contributed by atoms with Crippen molar-refractivity contribution in [1.82, 2.24) is 20.5 Å².